The molecule has 2 aliphatic heterocycles. The minimum atomic E-state index is -1.22. The third-order valence-electron chi connectivity index (χ3n) is 5.01. The van der Waals surface area contributed by atoms with Crippen LogP contribution in [0.3, 0.4) is 0 Å². The lowest BCUT2D eigenvalue weighted by molar-refractivity contribution is -0.384. The highest BCUT2D eigenvalue weighted by molar-refractivity contribution is 5.89. The first-order chi connectivity index (χ1) is 13.0. The smallest absolute Gasteiger partial charge is 0.335 e. The molecule has 8 heteroatoms. The Balaban J connectivity index is 1.70. The van der Waals surface area contributed by atoms with Crippen molar-refractivity contribution in [2.75, 3.05) is 18.0 Å². The molecule has 2 aromatic rings. The highest BCUT2D eigenvalue weighted by atomic mass is 16.6. The molecule has 0 spiro atoms. The van der Waals surface area contributed by atoms with Crippen molar-refractivity contribution >= 4 is 28.7 Å². The number of hydrogen-bond donors (Lipinski definition) is 1. The van der Waals surface area contributed by atoms with Gasteiger partial charge in [0.25, 0.3) is 5.69 Å². The fraction of sp³-hybridized carbons (Fsp3) is 0.316. The Morgan fingerprint density at radius 3 is 2.33 bits per heavy atom. The molecule has 2 aliphatic rings. The van der Waals surface area contributed by atoms with E-state index >= 15 is 0 Å². The Morgan fingerprint density at radius 1 is 1.07 bits per heavy atom. The lowest BCUT2D eigenvalue weighted by atomic mass is 9.91. The van der Waals surface area contributed by atoms with Crippen LogP contribution in [-0.2, 0) is 12.8 Å². The van der Waals surface area contributed by atoms with E-state index in [2.05, 4.69) is 15.1 Å². The van der Waals surface area contributed by atoms with Gasteiger partial charge in [-0.25, -0.2) is 4.79 Å². The average Bonchev–Trinajstić information content (AvgIpc) is 2.66. The summed E-state index contributed by atoms with van der Waals surface area (Å²) >= 11 is 0. The molecular formula is C19H18N4O4. The monoisotopic (exact) mass is 366 g/mol. The Hall–Kier alpha value is -3.29. The number of benzene rings is 2. The van der Waals surface area contributed by atoms with Crippen LogP contribution in [-0.4, -0.2) is 29.1 Å². The molecule has 0 fully saturated rings. The Morgan fingerprint density at radius 2 is 1.74 bits per heavy atom. The second-order valence-electron chi connectivity index (χ2n) is 6.77. The van der Waals surface area contributed by atoms with E-state index in [9.17, 15) is 14.9 Å². The Labute approximate surface area is 155 Å². The Bertz CT molecular complexity index is 939. The molecule has 0 atom stereocenters. The van der Waals surface area contributed by atoms with Crippen molar-refractivity contribution in [3.63, 3.8) is 0 Å². The normalized spacial score (nSPS) is 15.6. The second-order valence-corrected chi connectivity index (χ2v) is 6.77. The maximum Gasteiger partial charge on any atom is 0.335 e. The van der Waals surface area contributed by atoms with Gasteiger partial charge in [-0.3, -0.25) is 10.1 Å². The van der Waals surface area contributed by atoms with Gasteiger partial charge in [0.1, 0.15) is 0 Å². The van der Waals surface area contributed by atoms with E-state index in [4.69, 9.17) is 5.11 Å². The maximum atomic E-state index is 11.2. The number of azo groups is 1. The van der Waals surface area contributed by atoms with Gasteiger partial charge in [0, 0.05) is 24.8 Å². The van der Waals surface area contributed by atoms with Crippen LogP contribution in [0.4, 0.5) is 22.7 Å². The van der Waals surface area contributed by atoms with Crippen LogP contribution >= 0.6 is 0 Å². The molecule has 1 N–H and O–H groups in total. The van der Waals surface area contributed by atoms with Crippen LogP contribution in [0.1, 0.15) is 34.3 Å². The fourth-order valence-corrected chi connectivity index (χ4v) is 3.84. The number of hydrogen-bond acceptors (Lipinski definition) is 6. The standard InChI is InChI=1S/C19H18N4O4/c24-19(25)14-5-6-16(17(11-14)23(26)27)21-20-15-9-12-3-1-7-22-8-2-4-13(10-15)18(12)22/h5-6,9-11H,1-4,7-8H2,(H,24,25)/b21-20-. The first kappa shape index (κ1) is 17.1. The fourth-order valence-electron chi connectivity index (χ4n) is 3.84. The summed E-state index contributed by atoms with van der Waals surface area (Å²) in [4.78, 5) is 24.1. The molecule has 0 aliphatic carbocycles. The summed E-state index contributed by atoms with van der Waals surface area (Å²) in [6.07, 6.45) is 4.20. The number of anilines is 1. The molecule has 138 valence electrons. The van der Waals surface area contributed by atoms with Gasteiger partial charge in [-0.15, -0.1) is 5.11 Å². The van der Waals surface area contributed by atoms with E-state index in [1.807, 2.05) is 12.1 Å². The predicted molar refractivity (Wildman–Crippen MR) is 99.5 cm³/mol. The summed E-state index contributed by atoms with van der Waals surface area (Å²) in [5.41, 5.74) is 4.01. The van der Waals surface area contributed by atoms with Crippen LogP contribution in [0.25, 0.3) is 0 Å². The minimum absolute atomic E-state index is 0.0398. The zero-order valence-electron chi connectivity index (χ0n) is 14.6. The minimum Gasteiger partial charge on any atom is -0.478 e. The van der Waals surface area contributed by atoms with Crippen molar-refractivity contribution in [1.82, 2.24) is 0 Å². The first-order valence-electron chi connectivity index (χ1n) is 8.87. The highest BCUT2D eigenvalue weighted by Gasteiger charge is 2.24. The summed E-state index contributed by atoms with van der Waals surface area (Å²) < 4.78 is 0. The lowest BCUT2D eigenvalue weighted by Crippen LogP contribution is -2.34. The van der Waals surface area contributed by atoms with E-state index < -0.39 is 10.9 Å². The molecule has 0 aromatic heterocycles. The molecule has 8 nitrogen and oxygen atoms in total. The number of aryl methyl sites for hydroxylation is 2. The van der Waals surface area contributed by atoms with Crippen LogP contribution in [0.2, 0.25) is 0 Å². The van der Waals surface area contributed by atoms with Crippen LogP contribution in [0.5, 0.6) is 0 Å². The molecule has 2 aromatic carbocycles. The average molecular weight is 366 g/mol. The molecule has 2 heterocycles. The lowest BCUT2D eigenvalue weighted by Gasteiger charge is -2.36. The third-order valence-corrected chi connectivity index (χ3v) is 5.01. The summed E-state index contributed by atoms with van der Waals surface area (Å²) in [7, 11) is 0. The SMILES string of the molecule is O=C(O)c1ccc(/N=N\c2cc3c4c(c2)CCCN4CCC3)c([N+](=O)[O-])c1. The van der Waals surface area contributed by atoms with Crippen molar-refractivity contribution in [3.8, 4) is 0 Å². The number of aromatic carboxylic acids is 1. The van der Waals surface area contributed by atoms with Gasteiger partial charge >= 0.3 is 5.97 Å². The van der Waals surface area contributed by atoms with E-state index in [1.165, 1.54) is 28.9 Å². The molecule has 0 amide bonds. The zero-order chi connectivity index (χ0) is 19.0. The second kappa shape index (κ2) is 6.79. The number of nitrogens with zero attached hydrogens (tertiary/aromatic N) is 4. The molecule has 0 saturated carbocycles. The summed E-state index contributed by atoms with van der Waals surface area (Å²) in [5.74, 6) is -1.22. The largest absolute Gasteiger partial charge is 0.478 e. The van der Waals surface area contributed by atoms with Gasteiger partial charge in [0.05, 0.1) is 16.2 Å². The van der Waals surface area contributed by atoms with E-state index in [-0.39, 0.29) is 16.9 Å². The maximum absolute atomic E-state index is 11.2. The first-order valence-corrected chi connectivity index (χ1v) is 8.87. The van der Waals surface area contributed by atoms with Gasteiger partial charge < -0.3 is 10.0 Å². The van der Waals surface area contributed by atoms with Crippen molar-refractivity contribution in [2.45, 2.75) is 25.7 Å². The van der Waals surface area contributed by atoms with Crippen molar-refractivity contribution in [1.29, 1.82) is 0 Å². The summed E-state index contributed by atoms with van der Waals surface area (Å²) in [5, 5.41) is 28.5. The Kier molecular flexibility index (Phi) is 4.31. The van der Waals surface area contributed by atoms with Gasteiger partial charge in [-0.2, -0.15) is 5.11 Å². The molecule has 0 saturated heterocycles. The van der Waals surface area contributed by atoms with E-state index in [1.54, 1.807) is 0 Å². The highest BCUT2D eigenvalue weighted by Crippen LogP contribution is 2.39. The summed E-state index contributed by atoms with van der Waals surface area (Å²) in [6.45, 7) is 2.17. The molecule has 27 heavy (non-hydrogen) atoms. The van der Waals surface area contributed by atoms with E-state index in [0.29, 0.717) is 5.69 Å². The van der Waals surface area contributed by atoms with Gasteiger partial charge in [-0.05, 0) is 61.1 Å². The van der Waals surface area contributed by atoms with Crippen molar-refractivity contribution in [2.24, 2.45) is 10.2 Å². The van der Waals surface area contributed by atoms with Crippen molar-refractivity contribution in [3.05, 3.63) is 57.1 Å². The van der Waals surface area contributed by atoms with Crippen LogP contribution < -0.4 is 4.90 Å². The van der Waals surface area contributed by atoms with E-state index in [0.717, 1.165) is 44.8 Å². The molecule has 4 rings (SSSR count). The topological polar surface area (TPSA) is 108 Å². The molecule has 0 radical (unpaired) electrons. The van der Waals surface area contributed by atoms with Crippen LogP contribution in [0.15, 0.2) is 40.6 Å². The van der Waals surface area contributed by atoms with Crippen LogP contribution in [0, 0.1) is 10.1 Å². The zero-order valence-corrected chi connectivity index (χ0v) is 14.6. The number of nitro groups is 1. The molecule has 0 unspecified atom stereocenters. The number of carboxylic acids is 1. The number of carbonyl (C=O) groups is 1. The van der Waals surface area contributed by atoms with Crippen molar-refractivity contribution < 1.29 is 14.8 Å². The van der Waals surface area contributed by atoms with Gasteiger partial charge in [-0.1, -0.05) is 0 Å². The predicted octanol–water partition coefficient (Wildman–Crippen LogP) is 4.41. The molecular weight excluding hydrogens is 348 g/mol. The summed E-state index contributed by atoms with van der Waals surface area (Å²) in [6, 6.07) is 7.60. The number of nitro benzene ring substituents is 1. The quantitative estimate of drug-likeness (QED) is 0.490. The van der Waals surface area contributed by atoms with Gasteiger partial charge in [0.15, 0.2) is 5.69 Å². The number of rotatable bonds is 4. The third kappa shape index (κ3) is 3.25. The van der Waals surface area contributed by atoms with Gasteiger partial charge in [0.2, 0.25) is 0 Å². The number of carboxylic acid groups (broad SMARTS) is 1. The molecule has 0 bridgehead atoms.